The van der Waals surface area contributed by atoms with Gasteiger partial charge in [-0.1, -0.05) is 6.92 Å². The smallest absolute Gasteiger partial charge is 0.0741 e. The van der Waals surface area contributed by atoms with Crippen molar-refractivity contribution in [3.63, 3.8) is 0 Å². The molecule has 0 aromatic heterocycles. The Morgan fingerprint density at radius 2 is 2.17 bits per heavy atom. The highest BCUT2D eigenvalue weighted by molar-refractivity contribution is 4.85. The van der Waals surface area contributed by atoms with E-state index in [9.17, 15) is 5.11 Å². The second kappa shape index (κ2) is 3.75. The first-order valence-electron chi connectivity index (χ1n) is 5.01. The summed E-state index contributed by atoms with van der Waals surface area (Å²) in [4.78, 5) is 0. The minimum atomic E-state index is -0.525. The quantitative estimate of drug-likeness (QED) is 0.657. The predicted molar refractivity (Wildman–Crippen MR) is 51.1 cm³/mol. The largest absolute Gasteiger partial charge is 0.389 e. The Hall–Kier alpha value is -0.0800. The lowest BCUT2D eigenvalue weighted by Crippen LogP contribution is -2.41. The molecule has 2 atom stereocenters. The van der Waals surface area contributed by atoms with Crippen molar-refractivity contribution in [2.24, 2.45) is 5.92 Å². The van der Waals surface area contributed by atoms with Crippen molar-refractivity contribution in [3.05, 3.63) is 0 Å². The monoisotopic (exact) mass is 171 g/mol. The SMILES string of the molecule is CCC(C)(O)CNC(C)C1CC1. The molecule has 0 spiro atoms. The molecule has 1 aliphatic carbocycles. The van der Waals surface area contributed by atoms with Gasteiger partial charge in [-0.15, -0.1) is 0 Å². The van der Waals surface area contributed by atoms with Crippen LogP contribution in [0.2, 0.25) is 0 Å². The lowest BCUT2D eigenvalue weighted by molar-refractivity contribution is 0.0527. The van der Waals surface area contributed by atoms with Gasteiger partial charge in [0.2, 0.25) is 0 Å². The second-order valence-corrected chi connectivity index (χ2v) is 4.36. The minimum Gasteiger partial charge on any atom is -0.389 e. The topological polar surface area (TPSA) is 32.3 Å². The van der Waals surface area contributed by atoms with Crippen LogP contribution < -0.4 is 5.32 Å². The first kappa shape index (κ1) is 10.0. The Balaban J connectivity index is 2.14. The summed E-state index contributed by atoms with van der Waals surface area (Å²) in [5.41, 5.74) is -0.525. The lowest BCUT2D eigenvalue weighted by Gasteiger charge is -2.24. The molecule has 0 radical (unpaired) electrons. The first-order chi connectivity index (χ1) is 5.55. The second-order valence-electron chi connectivity index (χ2n) is 4.36. The van der Waals surface area contributed by atoms with Gasteiger partial charge in [-0.05, 0) is 39.0 Å². The number of hydrogen-bond acceptors (Lipinski definition) is 2. The van der Waals surface area contributed by atoms with E-state index in [1.54, 1.807) is 0 Å². The van der Waals surface area contributed by atoms with Gasteiger partial charge in [0, 0.05) is 12.6 Å². The minimum absolute atomic E-state index is 0.525. The van der Waals surface area contributed by atoms with Crippen LogP contribution in [-0.2, 0) is 0 Å². The van der Waals surface area contributed by atoms with Crippen molar-refractivity contribution >= 4 is 0 Å². The molecule has 2 heteroatoms. The molecule has 1 rings (SSSR count). The van der Waals surface area contributed by atoms with Gasteiger partial charge in [0.15, 0.2) is 0 Å². The molecule has 1 aliphatic rings. The molecule has 0 aromatic rings. The van der Waals surface area contributed by atoms with Crippen LogP contribution in [0.5, 0.6) is 0 Å². The molecule has 12 heavy (non-hydrogen) atoms. The summed E-state index contributed by atoms with van der Waals surface area (Å²) in [7, 11) is 0. The molecular formula is C10H21NO. The van der Waals surface area contributed by atoms with Gasteiger partial charge in [-0.3, -0.25) is 0 Å². The highest BCUT2D eigenvalue weighted by Crippen LogP contribution is 2.32. The fourth-order valence-corrected chi connectivity index (χ4v) is 1.27. The molecule has 1 fully saturated rings. The summed E-state index contributed by atoms with van der Waals surface area (Å²) < 4.78 is 0. The zero-order chi connectivity index (χ0) is 9.19. The van der Waals surface area contributed by atoms with E-state index >= 15 is 0 Å². The Bertz CT molecular complexity index is 141. The van der Waals surface area contributed by atoms with Crippen molar-refractivity contribution in [1.82, 2.24) is 5.32 Å². The van der Waals surface area contributed by atoms with E-state index in [1.165, 1.54) is 12.8 Å². The van der Waals surface area contributed by atoms with Crippen LogP contribution in [0.15, 0.2) is 0 Å². The zero-order valence-electron chi connectivity index (χ0n) is 8.43. The summed E-state index contributed by atoms with van der Waals surface area (Å²) in [6.07, 6.45) is 3.54. The van der Waals surface area contributed by atoms with Crippen LogP contribution in [-0.4, -0.2) is 23.3 Å². The predicted octanol–water partition coefficient (Wildman–Crippen LogP) is 1.54. The van der Waals surface area contributed by atoms with Crippen LogP contribution in [0.3, 0.4) is 0 Å². The van der Waals surface area contributed by atoms with Gasteiger partial charge in [-0.25, -0.2) is 0 Å². The lowest BCUT2D eigenvalue weighted by atomic mass is 10.0. The normalized spacial score (nSPS) is 25.0. The molecule has 0 saturated heterocycles. The average Bonchev–Trinajstić information content (AvgIpc) is 2.83. The molecule has 0 amide bonds. The molecule has 72 valence electrons. The molecule has 0 bridgehead atoms. The number of nitrogens with one attached hydrogen (secondary N) is 1. The van der Waals surface area contributed by atoms with Crippen LogP contribution in [0.25, 0.3) is 0 Å². The van der Waals surface area contributed by atoms with Crippen LogP contribution in [0, 0.1) is 5.92 Å². The molecule has 0 heterocycles. The number of hydrogen-bond donors (Lipinski definition) is 2. The van der Waals surface area contributed by atoms with E-state index in [4.69, 9.17) is 0 Å². The molecule has 1 saturated carbocycles. The van der Waals surface area contributed by atoms with Gasteiger partial charge in [0.25, 0.3) is 0 Å². The van der Waals surface area contributed by atoms with E-state index in [0.717, 1.165) is 18.9 Å². The maximum absolute atomic E-state index is 9.71. The van der Waals surface area contributed by atoms with Crippen LogP contribution in [0.1, 0.15) is 40.0 Å². The van der Waals surface area contributed by atoms with E-state index < -0.39 is 5.60 Å². The van der Waals surface area contributed by atoms with Crippen molar-refractivity contribution in [2.45, 2.75) is 51.7 Å². The average molecular weight is 171 g/mol. The third-order valence-electron chi connectivity index (χ3n) is 2.90. The summed E-state index contributed by atoms with van der Waals surface area (Å²) in [5, 5.41) is 13.1. The third-order valence-corrected chi connectivity index (χ3v) is 2.90. The summed E-state index contributed by atoms with van der Waals surface area (Å²) >= 11 is 0. The van der Waals surface area contributed by atoms with E-state index in [1.807, 2.05) is 13.8 Å². The fourth-order valence-electron chi connectivity index (χ4n) is 1.27. The Morgan fingerprint density at radius 3 is 2.58 bits per heavy atom. The Morgan fingerprint density at radius 1 is 1.58 bits per heavy atom. The molecular weight excluding hydrogens is 150 g/mol. The maximum atomic E-state index is 9.71. The summed E-state index contributed by atoms with van der Waals surface area (Å²) in [5.74, 6) is 0.873. The third kappa shape index (κ3) is 3.11. The molecule has 0 aliphatic heterocycles. The Labute approximate surface area is 75.4 Å². The highest BCUT2D eigenvalue weighted by atomic mass is 16.3. The Kier molecular flexibility index (Phi) is 3.13. The highest BCUT2D eigenvalue weighted by Gasteiger charge is 2.29. The van der Waals surface area contributed by atoms with Crippen molar-refractivity contribution < 1.29 is 5.11 Å². The molecule has 2 unspecified atom stereocenters. The molecule has 2 nitrogen and oxygen atoms in total. The summed E-state index contributed by atoms with van der Waals surface area (Å²) in [6.45, 7) is 6.84. The van der Waals surface area contributed by atoms with Gasteiger partial charge >= 0.3 is 0 Å². The zero-order valence-corrected chi connectivity index (χ0v) is 8.43. The first-order valence-corrected chi connectivity index (χ1v) is 5.01. The number of rotatable bonds is 5. The van der Waals surface area contributed by atoms with Gasteiger partial charge in [0.1, 0.15) is 0 Å². The van der Waals surface area contributed by atoms with Gasteiger partial charge in [-0.2, -0.15) is 0 Å². The van der Waals surface area contributed by atoms with Crippen molar-refractivity contribution in [2.75, 3.05) is 6.54 Å². The fraction of sp³-hybridized carbons (Fsp3) is 1.00. The van der Waals surface area contributed by atoms with E-state index in [-0.39, 0.29) is 0 Å². The maximum Gasteiger partial charge on any atom is 0.0741 e. The summed E-state index contributed by atoms with van der Waals surface area (Å²) in [6, 6.07) is 0.586. The van der Waals surface area contributed by atoms with Gasteiger partial charge < -0.3 is 10.4 Å². The van der Waals surface area contributed by atoms with Crippen molar-refractivity contribution in [3.8, 4) is 0 Å². The molecule has 0 aromatic carbocycles. The van der Waals surface area contributed by atoms with Crippen LogP contribution in [0.4, 0.5) is 0 Å². The van der Waals surface area contributed by atoms with E-state index in [0.29, 0.717) is 6.04 Å². The number of aliphatic hydroxyl groups is 1. The standard InChI is InChI=1S/C10H21NO/c1-4-10(3,12)7-11-8(2)9-5-6-9/h8-9,11-12H,4-7H2,1-3H3. The van der Waals surface area contributed by atoms with Gasteiger partial charge in [0.05, 0.1) is 5.60 Å². The molecule has 2 N–H and O–H groups in total. The van der Waals surface area contributed by atoms with Crippen molar-refractivity contribution in [1.29, 1.82) is 0 Å². The van der Waals surface area contributed by atoms with Crippen LogP contribution >= 0.6 is 0 Å². The van der Waals surface area contributed by atoms with E-state index in [2.05, 4.69) is 12.2 Å².